The Hall–Kier alpha value is -2.94. The van der Waals surface area contributed by atoms with E-state index >= 15 is 0 Å². The van der Waals surface area contributed by atoms with Crippen molar-refractivity contribution in [2.24, 2.45) is 4.99 Å². The zero-order valence-electron chi connectivity index (χ0n) is 19.1. The number of aliphatic imine (C=N–C) groups is 1. The minimum atomic E-state index is 0.843. The van der Waals surface area contributed by atoms with Gasteiger partial charge in [-0.3, -0.25) is 9.89 Å². The van der Waals surface area contributed by atoms with E-state index in [4.69, 9.17) is 4.99 Å². The van der Waals surface area contributed by atoms with Crippen molar-refractivity contribution < 1.29 is 0 Å². The van der Waals surface area contributed by atoms with Crippen LogP contribution in [0.1, 0.15) is 13.3 Å². The fraction of sp³-hybridized carbons (Fsp3) is 0.565. The lowest BCUT2D eigenvalue weighted by Crippen LogP contribution is -2.52. The van der Waals surface area contributed by atoms with Gasteiger partial charge in [0.15, 0.2) is 5.96 Å². The summed E-state index contributed by atoms with van der Waals surface area (Å²) in [5.74, 6) is 2.95. The van der Waals surface area contributed by atoms with Crippen molar-refractivity contribution in [3.63, 3.8) is 0 Å². The van der Waals surface area contributed by atoms with Crippen molar-refractivity contribution in [3.05, 3.63) is 42.9 Å². The van der Waals surface area contributed by atoms with Gasteiger partial charge in [0.2, 0.25) is 5.95 Å². The van der Waals surface area contributed by atoms with Crippen molar-refractivity contribution in [3.8, 4) is 0 Å². The van der Waals surface area contributed by atoms with Gasteiger partial charge in [-0.15, -0.1) is 0 Å². The molecule has 2 aromatic rings. The van der Waals surface area contributed by atoms with Crippen molar-refractivity contribution >= 4 is 17.7 Å². The Morgan fingerprint density at radius 1 is 0.875 bits per heavy atom. The van der Waals surface area contributed by atoms with Crippen LogP contribution in [0, 0.1) is 0 Å². The van der Waals surface area contributed by atoms with Crippen LogP contribution in [0.2, 0.25) is 0 Å². The quantitative estimate of drug-likeness (QED) is 0.393. The van der Waals surface area contributed by atoms with Gasteiger partial charge in [-0.25, -0.2) is 15.0 Å². The third-order valence-corrected chi connectivity index (χ3v) is 5.99. The van der Waals surface area contributed by atoms with E-state index in [9.17, 15) is 0 Å². The van der Waals surface area contributed by atoms with Gasteiger partial charge in [-0.1, -0.05) is 6.07 Å². The maximum Gasteiger partial charge on any atom is 0.225 e. The molecule has 4 heterocycles. The molecule has 32 heavy (non-hydrogen) atoms. The molecule has 0 aliphatic carbocycles. The van der Waals surface area contributed by atoms with Crippen molar-refractivity contribution in [1.29, 1.82) is 0 Å². The standard InChI is InChI=1S/C23H35N9/c1-2-24-22(32-19-17-30(18-20-32)21-7-3-4-8-25-21)28-11-6-12-29-13-15-31(16-14-29)23-26-9-5-10-27-23/h3-5,7-10H,2,6,11-20H2,1H3,(H,24,28). The SMILES string of the molecule is CCNC(=NCCCN1CCN(c2ncccn2)CC1)N1CCN(c2ccccn2)CC1. The Balaban J connectivity index is 1.19. The second-order valence-corrected chi connectivity index (χ2v) is 8.13. The highest BCUT2D eigenvalue weighted by atomic mass is 15.4. The molecule has 172 valence electrons. The number of hydrogen-bond donors (Lipinski definition) is 1. The molecule has 0 bridgehead atoms. The van der Waals surface area contributed by atoms with E-state index < -0.39 is 0 Å². The van der Waals surface area contributed by atoms with E-state index in [0.717, 1.165) is 96.1 Å². The first-order valence-electron chi connectivity index (χ1n) is 11.8. The fourth-order valence-corrected chi connectivity index (χ4v) is 4.22. The van der Waals surface area contributed by atoms with Gasteiger partial charge in [-0.05, 0) is 31.5 Å². The molecule has 4 rings (SSSR count). The average molecular weight is 438 g/mol. The van der Waals surface area contributed by atoms with E-state index in [-0.39, 0.29) is 0 Å². The van der Waals surface area contributed by atoms with E-state index in [2.05, 4.69) is 58.9 Å². The maximum absolute atomic E-state index is 4.92. The molecule has 2 aromatic heterocycles. The third kappa shape index (κ3) is 6.06. The highest BCUT2D eigenvalue weighted by Gasteiger charge is 2.21. The molecule has 0 radical (unpaired) electrons. The summed E-state index contributed by atoms with van der Waals surface area (Å²) in [6.07, 6.45) is 6.56. The minimum Gasteiger partial charge on any atom is -0.357 e. The first-order valence-corrected chi connectivity index (χ1v) is 11.8. The summed E-state index contributed by atoms with van der Waals surface area (Å²) < 4.78 is 0. The van der Waals surface area contributed by atoms with Crippen LogP contribution in [0.15, 0.2) is 47.8 Å². The summed E-state index contributed by atoms with van der Waals surface area (Å²) >= 11 is 0. The Morgan fingerprint density at radius 3 is 2.28 bits per heavy atom. The summed E-state index contributed by atoms with van der Waals surface area (Å²) in [6, 6.07) is 7.97. The number of rotatable bonds is 7. The molecule has 2 saturated heterocycles. The van der Waals surface area contributed by atoms with Gasteiger partial charge in [0, 0.05) is 90.6 Å². The molecular weight excluding hydrogens is 402 g/mol. The molecule has 0 unspecified atom stereocenters. The Labute approximate surface area is 191 Å². The number of nitrogens with zero attached hydrogens (tertiary/aromatic N) is 8. The fourth-order valence-electron chi connectivity index (χ4n) is 4.22. The molecule has 0 spiro atoms. The Bertz CT molecular complexity index is 814. The highest BCUT2D eigenvalue weighted by Crippen LogP contribution is 2.13. The van der Waals surface area contributed by atoms with Crippen LogP contribution in [0.4, 0.5) is 11.8 Å². The summed E-state index contributed by atoms with van der Waals surface area (Å²) in [5.41, 5.74) is 0. The number of aromatic nitrogens is 3. The molecule has 2 aliphatic heterocycles. The molecule has 1 N–H and O–H groups in total. The van der Waals surface area contributed by atoms with Gasteiger partial charge in [-0.2, -0.15) is 0 Å². The maximum atomic E-state index is 4.92. The lowest BCUT2D eigenvalue weighted by atomic mass is 10.3. The molecule has 2 aliphatic rings. The predicted octanol–water partition coefficient (Wildman–Crippen LogP) is 1.17. The van der Waals surface area contributed by atoms with E-state index in [0.29, 0.717) is 0 Å². The topological polar surface area (TPSA) is 76.0 Å². The number of pyridine rings is 1. The van der Waals surface area contributed by atoms with Crippen molar-refractivity contribution in [1.82, 2.24) is 30.1 Å². The first kappa shape index (κ1) is 22.3. The number of hydrogen-bond acceptors (Lipinski definition) is 7. The second-order valence-electron chi connectivity index (χ2n) is 8.13. The van der Waals surface area contributed by atoms with E-state index in [1.165, 1.54) is 0 Å². The summed E-state index contributed by atoms with van der Waals surface area (Å²) in [7, 11) is 0. The minimum absolute atomic E-state index is 0.843. The van der Waals surface area contributed by atoms with Crippen LogP contribution in [-0.4, -0.2) is 103 Å². The molecule has 0 amide bonds. The third-order valence-electron chi connectivity index (χ3n) is 5.99. The van der Waals surface area contributed by atoms with Gasteiger partial charge >= 0.3 is 0 Å². The number of anilines is 2. The summed E-state index contributed by atoms with van der Waals surface area (Å²) in [5, 5.41) is 3.48. The highest BCUT2D eigenvalue weighted by molar-refractivity contribution is 5.80. The zero-order chi connectivity index (χ0) is 22.0. The van der Waals surface area contributed by atoms with Crippen LogP contribution in [-0.2, 0) is 0 Å². The van der Waals surface area contributed by atoms with Crippen LogP contribution in [0.5, 0.6) is 0 Å². The molecule has 0 aromatic carbocycles. The smallest absolute Gasteiger partial charge is 0.225 e. The van der Waals surface area contributed by atoms with Gasteiger partial charge in [0.05, 0.1) is 0 Å². The monoisotopic (exact) mass is 437 g/mol. The lowest BCUT2D eigenvalue weighted by molar-refractivity contribution is 0.255. The Morgan fingerprint density at radius 2 is 1.59 bits per heavy atom. The number of nitrogens with one attached hydrogen (secondary N) is 1. The number of guanidine groups is 1. The number of piperazine rings is 2. The molecule has 2 fully saturated rings. The van der Waals surface area contributed by atoms with Crippen LogP contribution in [0.25, 0.3) is 0 Å². The van der Waals surface area contributed by atoms with Crippen LogP contribution >= 0.6 is 0 Å². The van der Waals surface area contributed by atoms with Crippen molar-refractivity contribution in [2.45, 2.75) is 13.3 Å². The normalized spacial score (nSPS) is 18.2. The van der Waals surface area contributed by atoms with Crippen LogP contribution < -0.4 is 15.1 Å². The molecular formula is C23H35N9. The van der Waals surface area contributed by atoms with Gasteiger partial charge < -0.3 is 20.0 Å². The summed E-state index contributed by atoms with van der Waals surface area (Å²) in [6.45, 7) is 12.9. The Kier molecular flexibility index (Phi) is 8.08. The predicted molar refractivity (Wildman–Crippen MR) is 129 cm³/mol. The van der Waals surface area contributed by atoms with Gasteiger partial charge in [0.1, 0.15) is 5.82 Å². The largest absolute Gasteiger partial charge is 0.357 e. The average Bonchev–Trinajstić information content (AvgIpc) is 2.87. The molecule has 9 heteroatoms. The first-order chi connectivity index (χ1) is 15.8. The molecule has 0 atom stereocenters. The lowest BCUT2D eigenvalue weighted by Gasteiger charge is -2.37. The van der Waals surface area contributed by atoms with E-state index in [1.54, 1.807) is 0 Å². The van der Waals surface area contributed by atoms with Gasteiger partial charge in [0.25, 0.3) is 0 Å². The molecule has 9 nitrogen and oxygen atoms in total. The summed E-state index contributed by atoms with van der Waals surface area (Å²) in [4.78, 5) is 27.6. The second kappa shape index (κ2) is 11.6. The zero-order valence-corrected chi connectivity index (χ0v) is 19.1. The van der Waals surface area contributed by atoms with E-state index in [1.807, 2.05) is 30.7 Å². The van der Waals surface area contributed by atoms with Crippen molar-refractivity contribution in [2.75, 3.05) is 81.8 Å². The van der Waals surface area contributed by atoms with Crippen LogP contribution in [0.3, 0.4) is 0 Å². The molecule has 0 saturated carbocycles.